The lowest BCUT2D eigenvalue weighted by Gasteiger charge is -2.18. The first-order chi connectivity index (χ1) is 14.4. The fourth-order valence-electron chi connectivity index (χ4n) is 3.16. The van der Waals surface area contributed by atoms with Gasteiger partial charge in [-0.2, -0.15) is 0 Å². The molecule has 0 saturated heterocycles. The number of aromatic nitrogens is 4. The Hall–Kier alpha value is -3.16. The van der Waals surface area contributed by atoms with E-state index in [1.165, 1.54) is 0 Å². The number of halogens is 2. The van der Waals surface area contributed by atoms with Crippen molar-refractivity contribution in [3.63, 3.8) is 0 Å². The van der Waals surface area contributed by atoms with Crippen LogP contribution in [0.15, 0.2) is 59.8 Å². The molecule has 1 atom stereocenters. The number of hydrogen-bond donors (Lipinski definition) is 2. The normalized spacial score (nSPS) is 12.0. The lowest BCUT2D eigenvalue weighted by Crippen LogP contribution is -2.19. The second kappa shape index (κ2) is 8.30. The Balaban J connectivity index is 1.76. The molecule has 3 heterocycles. The summed E-state index contributed by atoms with van der Waals surface area (Å²) in [6.07, 6.45) is 4.96. The SMILES string of the molecule is CC(Nc1cc(=O)n(C)c2ccc(Nc3ccnc(Cl)c3Cl)cc12)c1ncccn1. The third-order valence-electron chi connectivity index (χ3n) is 4.72. The maximum absolute atomic E-state index is 12.5. The highest BCUT2D eigenvalue weighted by molar-refractivity contribution is 6.43. The largest absolute Gasteiger partial charge is 0.375 e. The van der Waals surface area contributed by atoms with Gasteiger partial charge in [-0.3, -0.25) is 4.79 Å². The number of hydrogen-bond acceptors (Lipinski definition) is 6. The van der Waals surface area contributed by atoms with Crippen molar-refractivity contribution in [2.24, 2.45) is 7.05 Å². The summed E-state index contributed by atoms with van der Waals surface area (Å²) in [4.78, 5) is 25.0. The number of pyridine rings is 2. The predicted molar refractivity (Wildman–Crippen MR) is 121 cm³/mol. The molecular formula is C21H18Cl2N6O. The Morgan fingerprint density at radius 2 is 1.77 bits per heavy atom. The van der Waals surface area contributed by atoms with Gasteiger partial charge < -0.3 is 15.2 Å². The molecular weight excluding hydrogens is 423 g/mol. The number of aryl methyl sites for hydroxylation is 1. The van der Waals surface area contributed by atoms with Crippen LogP contribution in [0, 0.1) is 0 Å². The van der Waals surface area contributed by atoms with E-state index in [0.29, 0.717) is 22.2 Å². The van der Waals surface area contributed by atoms with Crippen molar-refractivity contribution in [1.82, 2.24) is 19.5 Å². The zero-order valence-corrected chi connectivity index (χ0v) is 17.7. The first-order valence-corrected chi connectivity index (χ1v) is 9.94. The zero-order valence-electron chi connectivity index (χ0n) is 16.2. The Morgan fingerprint density at radius 1 is 1.00 bits per heavy atom. The maximum atomic E-state index is 12.5. The summed E-state index contributed by atoms with van der Waals surface area (Å²) in [5, 5.41) is 8.04. The molecule has 0 aliphatic carbocycles. The van der Waals surface area contributed by atoms with Gasteiger partial charge in [0.25, 0.3) is 5.56 Å². The van der Waals surface area contributed by atoms with E-state index in [0.717, 1.165) is 16.6 Å². The summed E-state index contributed by atoms with van der Waals surface area (Å²) < 4.78 is 1.60. The predicted octanol–water partition coefficient (Wildman–Crippen LogP) is 4.95. The Bertz CT molecular complexity index is 1280. The number of nitrogens with zero attached hydrogens (tertiary/aromatic N) is 4. The standard InChI is InChI=1S/C21H18Cl2N6O/c1-12(21-25-7-3-8-26-21)27-16-11-18(30)29(2)17-5-4-13(10-14(16)17)28-15-6-9-24-20(23)19(15)22/h3-12,27H,1-2H3,(H,24,28). The van der Waals surface area contributed by atoms with E-state index >= 15 is 0 Å². The molecule has 7 nitrogen and oxygen atoms in total. The van der Waals surface area contributed by atoms with Crippen LogP contribution in [0.5, 0.6) is 0 Å². The van der Waals surface area contributed by atoms with Gasteiger partial charge in [-0.1, -0.05) is 23.2 Å². The number of rotatable bonds is 5. The fraction of sp³-hybridized carbons (Fsp3) is 0.143. The van der Waals surface area contributed by atoms with E-state index < -0.39 is 0 Å². The van der Waals surface area contributed by atoms with Crippen LogP contribution in [-0.2, 0) is 7.05 Å². The monoisotopic (exact) mass is 440 g/mol. The zero-order chi connectivity index (χ0) is 21.3. The van der Waals surface area contributed by atoms with Gasteiger partial charge in [0, 0.05) is 48.5 Å². The molecule has 152 valence electrons. The van der Waals surface area contributed by atoms with E-state index in [1.54, 1.807) is 48.4 Å². The summed E-state index contributed by atoms with van der Waals surface area (Å²) in [7, 11) is 1.74. The highest BCUT2D eigenvalue weighted by atomic mass is 35.5. The molecule has 0 aliphatic rings. The minimum absolute atomic E-state index is 0.115. The van der Waals surface area contributed by atoms with Gasteiger partial charge in [-0.15, -0.1) is 0 Å². The van der Waals surface area contributed by atoms with Crippen LogP contribution in [-0.4, -0.2) is 19.5 Å². The topological polar surface area (TPSA) is 84.7 Å². The second-order valence-corrected chi connectivity index (χ2v) is 7.48. The molecule has 0 fully saturated rings. The molecule has 1 aromatic carbocycles. The molecule has 1 unspecified atom stereocenters. The second-order valence-electron chi connectivity index (χ2n) is 6.75. The van der Waals surface area contributed by atoms with Crippen LogP contribution in [0.3, 0.4) is 0 Å². The summed E-state index contributed by atoms with van der Waals surface area (Å²) in [6, 6.07) is 10.6. The Kier molecular flexibility index (Phi) is 5.57. The average molecular weight is 441 g/mol. The van der Waals surface area contributed by atoms with Gasteiger partial charge in [0.05, 0.1) is 17.2 Å². The van der Waals surface area contributed by atoms with E-state index in [9.17, 15) is 4.79 Å². The van der Waals surface area contributed by atoms with E-state index in [-0.39, 0.29) is 16.8 Å². The molecule has 4 rings (SSSR count). The third kappa shape index (κ3) is 3.94. The summed E-state index contributed by atoms with van der Waals surface area (Å²) in [5.41, 5.74) is 2.79. The van der Waals surface area contributed by atoms with Crippen LogP contribution in [0.2, 0.25) is 10.2 Å². The van der Waals surface area contributed by atoms with Crippen molar-refractivity contribution in [2.45, 2.75) is 13.0 Å². The third-order valence-corrected chi connectivity index (χ3v) is 5.48. The van der Waals surface area contributed by atoms with Crippen molar-refractivity contribution in [2.75, 3.05) is 10.6 Å². The maximum Gasteiger partial charge on any atom is 0.252 e. The van der Waals surface area contributed by atoms with Crippen molar-refractivity contribution in [3.8, 4) is 0 Å². The molecule has 0 amide bonds. The lowest BCUT2D eigenvalue weighted by molar-refractivity contribution is 0.788. The average Bonchev–Trinajstić information content (AvgIpc) is 2.75. The lowest BCUT2D eigenvalue weighted by atomic mass is 10.1. The van der Waals surface area contributed by atoms with Crippen molar-refractivity contribution in [3.05, 3.63) is 81.3 Å². The van der Waals surface area contributed by atoms with Crippen molar-refractivity contribution >= 4 is 51.2 Å². The van der Waals surface area contributed by atoms with Crippen molar-refractivity contribution < 1.29 is 0 Å². The molecule has 0 spiro atoms. The molecule has 0 radical (unpaired) electrons. The van der Waals surface area contributed by atoms with Crippen molar-refractivity contribution in [1.29, 1.82) is 0 Å². The molecule has 0 bridgehead atoms. The van der Waals surface area contributed by atoms with Crippen LogP contribution < -0.4 is 16.2 Å². The van der Waals surface area contributed by atoms with Gasteiger partial charge in [0.1, 0.15) is 16.0 Å². The Labute approximate surface area is 182 Å². The first kappa shape index (κ1) is 20.1. The van der Waals surface area contributed by atoms with Crippen LogP contribution in [0.25, 0.3) is 10.9 Å². The van der Waals surface area contributed by atoms with Crippen LogP contribution >= 0.6 is 23.2 Å². The smallest absolute Gasteiger partial charge is 0.252 e. The highest BCUT2D eigenvalue weighted by Gasteiger charge is 2.13. The quantitative estimate of drug-likeness (QED) is 0.427. The molecule has 3 aromatic heterocycles. The van der Waals surface area contributed by atoms with Gasteiger partial charge in [-0.05, 0) is 37.3 Å². The minimum Gasteiger partial charge on any atom is -0.375 e. The molecule has 9 heteroatoms. The van der Waals surface area contributed by atoms with Crippen LogP contribution in [0.1, 0.15) is 18.8 Å². The molecule has 4 aromatic rings. The van der Waals surface area contributed by atoms with Gasteiger partial charge in [-0.25, -0.2) is 15.0 Å². The summed E-state index contributed by atoms with van der Waals surface area (Å²) >= 11 is 12.3. The molecule has 2 N–H and O–H groups in total. The molecule has 0 aliphatic heterocycles. The fourth-order valence-corrected chi connectivity index (χ4v) is 3.48. The van der Waals surface area contributed by atoms with E-state index in [2.05, 4.69) is 25.6 Å². The van der Waals surface area contributed by atoms with E-state index in [4.69, 9.17) is 23.2 Å². The minimum atomic E-state index is -0.188. The van der Waals surface area contributed by atoms with E-state index in [1.807, 2.05) is 25.1 Å². The number of fused-ring (bicyclic) bond motifs is 1. The van der Waals surface area contributed by atoms with Gasteiger partial charge >= 0.3 is 0 Å². The molecule has 30 heavy (non-hydrogen) atoms. The number of benzene rings is 1. The Morgan fingerprint density at radius 3 is 2.53 bits per heavy atom. The first-order valence-electron chi connectivity index (χ1n) is 9.18. The number of anilines is 3. The molecule has 0 saturated carbocycles. The van der Waals surface area contributed by atoms with Crippen LogP contribution in [0.4, 0.5) is 17.1 Å². The highest BCUT2D eigenvalue weighted by Crippen LogP contribution is 2.32. The number of nitrogens with one attached hydrogen (secondary N) is 2. The van der Waals surface area contributed by atoms with Gasteiger partial charge in [0.2, 0.25) is 0 Å². The van der Waals surface area contributed by atoms with Gasteiger partial charge in [0.15, 0.2) is 0 Å². The summed E-state index contributed by atoms with van der Waals surface area (Å²) in [6.45, 7) is 1.94. The summed E-state index contributed by atoms with van der Waals surface area (Å²) in [5.74, 6) is 0.638.